The first kappa shape index (κ1) is 60.3. The van der Waals surface area contributed by atoms with Crippen molar-refractivity contribution in [1.82, 2.24) is 19.6 Å². The molecule has 2 aromatic rings. The van der Waals surface area contributed by atoms with Gasteiger partial charge in [-0.05, 0) is 88.2 Å². The predicted octanol–water partition coefficient (Wildman–Crippen LogP) is 6.88. The van der Waals surface area contributed by atoms with Crippen LogP contribution in [0.1, 0.15) is 120 Å². The Balaban J connectivity index is 2.33. The molecule has 1 heterocycles. The van der Waals surface area contributed by atoms with Crippen molar-refractivity contribution < 1.29 is 57.3 Å². The summed E-state index contributed by atoms with van der Waals surface area (Å²) in [5.41, 5.74) is 1.35. The molecule has 1 aliphatic rings. The van der Waals surface area contributed by atoms with Crippen molar-refractivity contribution in [2.24, 2.45) is 28.8 Å². The molecule has 0 spiro atoms. The summed E-state index contributed by atoms with van der Waals surface area (Å²) in [5.74, 6) is -5.91. The van der Waals surface area contributed by atoms with Crippen LogP contribution in [0.2, 0.25) is 0 Å². The van der Waals surface area contributed by atoms with Gasteiger partial charge in [-0.25, -0.2) is 19.2 Å². The van der Waals surface area contributed by atoms with E-state index in [1.807, 2.05) is 67.5 Å². The highest BCUT2D eigenvalue weighted by Gasteiger charge is 2.42. The molecular weight excluding hydrogens is 923 g/mol. The van der Waals surface area contributed by atoms with Crippen molar-refractivity contribution in [2.45, 2.75) is 176 Å². The Morgan fingerprint density at radius 3 is 1.08 bits per heavy atom. The molecule has 400 valence electrons. The number of ether oxygens (including phenoxy) is 4. The molecule has 17 heteroatoms. The normalized spacial score (nSPS) is 25.1. The zero-order valence-corrected chi connectivity index (χ0v) is 45.7. The van der Waals surface area contributed by atoms with E-state index in [0.717, 1.165) is 4.90 Å². The molecule has 1 aliphatic heterocycles. The van der Waals surface area contributed by atoms with Crippen molar-refractivity contribution in [3.8, 4) is 0 Å². The van der Waals surface area contributed by atoms with Crippen LogP contribution in [0.3, 0.4) is 0 Å². The number of nitrogens with zero attached hydrogens (tertiary/aromatic N) is 5. The summed E-state index contributed by atoms with van der Waals surface area (Å²) in [4.78, 5) is 113. The van der Waals surface area contributed by atoms with Crippen LogP contribution in [0, 0.1) is 23.7 Å². The van der Waals surface area contributed by atoms with Gasteiger partial charge in [0.1, 0.15) is 30.3 Å². The van der Waals surface area contributed by atoms with Crippen molar-refractivity contribution in [1.29, 1.82) is 0 Å². The largest absolute Gasteiger partial charge is 0.453 e. The number of amides is 3. The number of amidine groups is 1. The standard InChI is InChI=1S/C55H83N5O12/c1-33(2)27-42-54(66)70-46(31-40-23-19-17-20-24-40)50(62)60(16)44(29-35(5)6)53(65)69-39(12)49(61)58(14)45(30-36(7)8)55(67)71-47(32-41-25-21-18-22-26-41)51(63)59(15)43(28-34(3)4)52(64)68-38(11)48(57(42)13)56-72-37(9)10/h17-26,33-39,42-47H,27-32H2,1-16H3/b56-48+/t38-,39-,42+,43+,44?,45+,46-,47-/m1/s1. The van der Waals surface area contributed by atoms with Crippen molar-refractivity contribution >= 4 is 47.4 Å². The van der Waals surface area contributed by atoms with E-state index < -0.39 is 96.3 Å². The molecule has 3 rings (SSSR count). The number of rotatable bonds is 14. The van der Waals surface area contributed by atoms with E-state index >= 15 is 0 Å². The number of hydrogen-bond donors (Lipinski definition) is 0. The van der Waals surface area contributed by atoms with Crippen LogP contribution in [0.4, 0.5) is 0 Å². The van der Waals surface area contributed by atoms with Crippen LogP contribution in [0.5, 0.6) is 0 Å². The van der Waals surface area contributed by atoms with E-state index in [1.54, 1.807) is 76.3 Å². The Labute approximate surface area is 428 Å². The first-order valence-corrected chi connectivity index (χ1v) is 25.4. The number of cyclic esters (lactones) is 4. The van der Waals surface area contributed by atoms with E-state index in [1.165, 1.54) is 42.8 Å². The first-order valence-electron chi connectivity index (χ1n) is 25.4. The van der Waals surface area contributed by atoms with Crippen LogP contribution in [0.15, 0.2) is 65.8 Å². The molecule has 1 saturated heterocycles. The zero-order chi connectivity index (χ0) is 54.1. The number of benzene rings is 2. The Morgan fingerprint density at radius 2 is 0.750 bits per heavy atom. The number of esters is 4. The van der Waals surface area contributed by atoms with Crippen LogP contribution in [-0.4, -0.2) is 150 Å². The molecular formula is C55H83N5O12. The van der Waals surface area contributed by atoms with E-state index in [0.29, 0.717) is 11.1 Å². The summed E-state index contributed by atoms with van der Waals surface area (Å²) < 4.78 is 24.4. The Bertz CT molecular complexity index is 2130. The topological polar surface area (TPSA) is 191 Å². The second-order valence-electron chi connectivity index (χ2n) is 21.0. The van der Waals surface area contributed by atoms with Gasteiger partial charge in [0.05, 0.1) is 0 Å². The van der Waals surface area contributed by atoms with E-state index in [4.69, 9.17) is 23.8 Å². The lowest BCUT2D eigenvalue weighted by Crippen LogP contribution is -2.55. The third kappa shape index (κ3) is 17.9. The number of oxime groups is 1. The van der Waals surface area contributed by atoms with Gasteiger partial charge in [0.25, 0.3) is 17.7 Å². The summed E-state index contributed by atoms with van der Waals surface area (Å²) in [5, 5.41) is 4.42. The van der Waals surface area contributed by atoms with Gasteiger partial charge in [-0.15, -0.1) is 0 Å². The second kappa shape index (κ2) is 28.3. The molecule has 1 fully saturated rings. The van der Waals surface area contributed by atoms with Crippen molar-refractivity contribution in [3.05, 3.63) is 71.8 Å². The fourth-order valence-electron chi connectivity index (χ4n) is 8.44. The van der Waals surface area contributed by atoms with Gasteiger partial charge in [0.15, 0.2) is 30.3 Å². The summed E-state index contributed by atoms with van der Waals surface area (Å²) in [6, 6.07) is 13.2. The molecule has 0 bridgehead atoms. The minimum atomic E-state index is -1.45. The number of carbonyl (C=O) groups excluding carboxylic acids is 7. The van der Waals surface area contributed by atoms with Gasteiger partial charge < -0.3 is 43.4 Å². The van der Waals surface area contributed by atoms with Gasteiger partial charge in [-0.3, -0.25) is 14.4 Å². The van der Waals surface area contributed by atoms with Crippen molar-refractivity contribution in [3.63, 3.8) is 0 Å². The highest BCUT2D eigenvalue weighted by atomic mass is 16.6. The molecule has 1 unspecified atom stereocenters. The highest BCUT2D eigenvalue weighted by Crippen LogP contribution is 2.24. The summed E-state index contributed by atoms with van der Waals surface area (Å²) in [6.45, 7) is 21.6. The highest BCUT2D eigenvalue weighted by molar-refractivity contribution is 5.95. The monoisotopic (exact) mass is 1010 g/mol. The van der Waals surface area contributed by atoms with Crippen LogP contribution in [0.25, 0.3) is 0 Å². The Morgan fingerprint density at radius 1 is 0.444 bits per heavy atom. The number of carbonyl (C=O) groups is 7. The van der Waals surface area contributed by atoms with Crippen LogP contribution < -0.4 is 0 Å². The summed E-state index contributed by atoms with van der Waals surface area (Å²) in [6.07, 6.45) is -5.44. The molecule has 0 aliphatic carbocycles. The lowest BCUT2D eigenvalue weighted by Gasteiger charge is -2.36. The average molecular weight is 1010 g/mol. The molecule has 0 N–H and O–H groups in total. The lowest BCUT2D eigenvalue weighted by molar-refractivity contribution is -0.174. The SMILES string of the molecule is CC(C)CC1C(=O)O[C@H](C)C(=O)N(C)[C@@H](CC(C)C)C(=O)O[C@H](Cc2ccccc2)C(=O)N(C)[C@@H](CC(C)C)C(=O)O[C@H](C)/C(=N\OC(C)C)N(C)[C@@H](CC(C)C)C(=O)O[C@H](Cc2ccccc2)C(=O)N1C. The van der Waals surface area contributed by atoms with E-state index in [2.05, 4.69) is 5.16 Å². The third-order valence-corrected chi connectivity index (χ3v) is 12.4. The van der Waals surface area contributed by atoms with Crippen molar-refractivity contribution in [2.75, 3.05) is 28.2 Å². The first-order chi connectivity index (χ1) is 33.7. The molecule has 2 aromatic carbocycles. The predicted molar refractivity (Wildman–Crippen MR) is 274 cm³/mol. The fourth-order valence-corrected chi connectivity index (χ4v) is 8.44. The van der Waals surface area contributed by atoms with E-state index in [-0.39, 0.29) is 68.0 Å². The number of likely N-dealkylation sites (N-methyl/N-ethyl adjacent to an activating group) is 4. The average Bonchev–Trinajstić information content (AvgIpc) is 3.31. The summed E-state index contributed by atoms with van der Waals surface area (Å²) >= 11 is 0. The van der Waals surface area contributed by atoms with Crippen LogP contribution >= 0.6 is 0 Å². The maximum absolute atomic E-state index is 14.8. The minimum Gasteiger partial charge on any atom is -0.453 e. The fraction of sp³-hybridized carbons (Fsp3) is 0.636. The molecule has 17 nitrogen and oxygen atoms in total. The van der Waals surface area contributed by atoms with E-state index in [9.17, 15) is 33.6 Å². The molecule has 8 atom stereocenters. The van der Waals surface area contributed by atoms with Gasteiger partial charge >= 0.3 is 23.9 Å². The maximum atomic E-state index is 14.8. The van der Waals surface area contributed by atoms with Gasteiger partial charge in [0, 0.05) is 41.0 Å². The molecule has 3 amide bonds. The number of hydrogen-bond acceptors (Lipinski definition) is 13. The Kier molecular flexibility index (Phi) is 23.7. The lowest BCUT2D eigenvalue weighted by atomic mass is 10.00. The molecule has 0 saturated carbocycles. The van der Waals surface area contributed by atoms with Gasteiger partial charge in [-0.2, -0.15) is 0 Å². The van der Waals surface area contributed by atoms with Gasteiger partial charge in [0.2, 0.25) is 0 Å². The third-order valence-electron chi connectivity index (χ3n) is 12.4. The van der Waals surface area contributed by atoms with Gasteiger partial charge in [-0.1, -0.05) is 121 Å². The zero-order valence-electron chi connectivity index (χ0n) is 45.7. The smallest absolute Gasteiger partial charge is 0.329 e. The molecule has 0 aromatic heterocycles. The minimum absolute atomic E-state index is 0.0500. The molecule has 72 heavy (non-hydrogen) atoms. The van der Waals surface area contributed by atoms with Crippen LogP contribution in [-0.2, 0) is 70.2 Å². The summed E-state index contributed by atoms with van der Waals surface area (Å²) in [7, 11) is 5.87. The molecule has 0 radical (unpaired) electrons. The quantitative estimate of drug-likeness (QED) is 0.108. The second-order valence-corrected chi connectivity index (χ2v) is 21.0. The Hall–Kier alpha value is -6.00. The maximum Gasteiger partial charge on any atom is 0.329 e.